The molecule has 24 heavy (non-hydrogen) atoms. The Bertz CT molecular complexity index is 576. The summed E-state index contributed by atoms with van der Waals surface area (Å²) in [6.07, 6.45) is 5.32. The van der Waals surface area contributed by atoms with Gasteiger partial charge in [-0.3, -0.25) is 4.79 Å². The molecule has 2 aliphatic rings. The van der Waals surface area contributed by atoms with E-state index in [4.69, 9.17) is 9.47 Å². The number of fused-ring (bicyclic) bond motifs is 1. The van der Waals surface area contributed by atoms with Gasteiger partial charge in [-0.05, 0) is 50.6 Å². The van der Waals surface area contributed by atoms with Gasteiger partial charge in [0, 0.05) is 19.6 Å². The Kier molecular flexibility index (Phi) is 5.61. The zero-order valence-electron chi connectivity index (χ0n) is 14.8. The zero-order valence-corrected chi connectivity index (χ0v) is 14.8. The van der Waals surface area contributed by atoms with Crippen molar-refractivity contribution < 1.29 is 14.3 Å². The fourth-order valence-electron chi connectivity index (χ4n) is 3.48. The highest BCUT2D eigenvalue weighted by Gasteiger charge is 2.20. The summed E-state index contributed by atoms with van der Waals surface area (Å²) in [5.74, 6) is 1.68. The van der Waals surface area contributed by atoms with Gasteiger partial charge >= 0.3 is 0 Å². The summed E-state index contributed by atoms with van der Waals surface area (Å²) in [6.45, 7) is 3.15. The van der Waals surface area contributed by atoms with Crippen LogP contribution < -0.4 is 9.47 Å². The van der Waals surface area contributed by atoms with Crippen molar-refractivity contribution in [3.05, 3.63) is 23.8 Å². The summed E-state index contributed by atoms with van der Waals surface area (Å²) in [5, 5.41) is 0. The molecule has 1 saturated heterocycles. The van der Waals surface area contributed by atoms with Gasteiger partial charge < -0.3 is 19.3 Å². The Balaban J connectivity index is 1.50. The van der Waals surface area contributed by atoms with Crippen LogP contribution in [0, 0.1) is 0 Å². The van der Waals surface area contributed by atoms with Crippen LogP contribution in [-0.4, -0.2) is 62.1 Å². The maximum atomic E-state index is 12.5. The molecular formula is C19H28N2O3. The second-order valence-corrected chi connectivity index (χ2v) is 6.89. The molecule has 0 radical (unpaired) electrons. The Morgan fingerprint density at radius 1 is 1.25 bits per heavy atom. The van der Waals surface area contributed by atoms with Gasteiger partial charge in [0.25, 0.3) is 0 Å². The van der Waals surface area contributed by atoms with Crippen molar-refractivity contribution in [2.45, 2.75) is 38.1 Å². The van der Waals surface area contributed by atoms with Gasteiger partial charge in [0.1, 0.15) is 13.2 Å². The van der Waals surface area contributed by atoms with Gasteiger partial charge in [-0.25, -0.2) is 0 Å². The van der Waals surface area contributed by atoms with Crippen molar-refractivity contribution in [2.24, 2.45) is 0 Å². The summed E-state index contributed by atoms with van der Waals surface area (Å²) in [7, 11) is 4.10. The smallest absolute Gasteiger partial charge is 0.226 e. The van der Waals surface area contributed by atoms with Gasteiger partial charge in [-0.2, -0.15) is 0 Å². The first kappa shape index (κ1) is 17.1. The highest BCUT2D eigenvalue weighted by atomic mass is 16.6. The molecule has 0 aliphatic carbocycles. The van der Waals surface area contributed by atoms with Crippen molar-refractivity contribution >= 4 is 5.91 Å². The predicted molar refractivity (Wildman–Crippen MR) is 93.7 cm³/mol. The van der Waals surface area contributed by atoms with E-state index in [0.717, 1.165) is 30.0 Å². The minimum atomic E-state index is 0.158. The Morgan fingerprint density at radius 2 is 2.04 bits per heavy atom. The Morgan fingerprint density at radius 3 is 2.83 bits per heavy atom. The molecule has 1 unspecified atom stereocenters. The third kappa shape index (κ3) is 4.20. The van der Waals surface area contributed by atoms with Crippen molar-refractivity contribution in [1.82, 2.24) is 9.80 Å². The highest BCUT2D eigenvalue weighted by molar-refractivity contribution is 5.78. The lowest BCUT2D eigenvalue weighted by Crippen LogP contribution is -2.39. The van der Waals surface area contributed by atoms with Crippen LogP contribution >= 0.6 is 0 Å². The minimum Gasteiger partial charge on any atom is -0.486 e. The van der Waals surface area contributed by atoms with Gasteiger partial charge in [-0.15, -0.1) is 0 Å². The molecule has 0 saturated carbocycles. The number of benzene rings is 1. The van der Waals surface area contributed by atoms with Crippen LogP contribution in [0.1, 0.15) is 31.2 Å². The lowest BCUT2D eigenvalue weighted by Gasteiger charge is -2.33. The van der Waals surface area contributed by atoms with Crippen LogP contribution in [0.2, 0.25) is 0 Å². The number of hydrogen-bond acceptors (Lipinski definition) is 4. The van der Waals surface area contributed by atoms with Crippen LogP contribution in [0.25, 0.3) is 0 Å². The van der Waals surface area contributed by atoms with E-state index in [1.807, 2.05) is 30.1 Å². The van der Waals surface area contributed by atoms with Gasteiger partial charge in [-0.1, -0.05) is 12.5 Å². The number of amides is 1. The lowest BCUT2D eigenvalue weighted by atomic mass is 10.00. The molecule has 1 aromatic carbocycles. The third-order valence-corrected chi connectivity index (χ3v) is 5.11. The monoisotopic (exact) mass is 332 g/mol. The quantitative estimate of drug-likeness (QED) is 0.830. The topological polar surface area (TPSA) is 42.0 Å². The summed E-state index contributed by atoms with van der Waals surface area (Å²) < 4.78 is 11.1. The van der Waals surface area contributed by atoms with Crippen LogP contribution in [0.5, 0.6) is 11.5 Å². The molecule has 5 heteroatoms. The van der Waals surface area contributed by atoms with E-state index in [2.05, 4.69) is 11.9 Å². The number of nitrogens with zero attached hydrogens (tertiary/aromatic N) is 2. The van der Waals surface area contributed by atoms with E-state index < -0.39 is 0 Å². The fourth-order valence-corrected chi connectivity index (χ4v) is 3.48. The van der Waals surface area contributed by atoms with Crippen LogP contribution in [0.15, 0.2) is 18.2 Å². The second-order valence-electron chi connectivity index (χ2n) is 6.89. The summed E-state index contributed by atoms with van der Waals surface area (Å²) in [4.78, 5) is 16.8. The highest BCUT2D eigenvalue weighted by Crippen LogP contribution is 2.31. The normalized spacial score (nSPS) is 20.7. The molecule has 0 bridgehead atoms. The molecule has 1 amide bonds. The Labute approximate surface area is 144 Å². The fraction of sp³-hybridized carbons (Fsp3) is 0.632. The lowest BCUT2D eigenvalue weighted by molar-refractivity contribution is -0.129. The Hall–Kier alpha value is -1.75. The summed E-state index contributed by atoms with van der Waals surface area (Å²) >= 11 is 0. The summed E-state index contributed by atoms with van der Waals surface area (Å²) in [5.41, 5.74) is 0.978. The van der Waals surface area contributed by atoms with E-state index in [9.17, 15) is 4.79 Å². The van der Waals surface area contributed by atoms with Crippen molar-refractivity contribution in [3.8, 4) is 11.5 Å². The number of carbonyl (C=O) groups is 1. The average molecular weight is 332 g/mol. The van der Waals surface area contributed by atoms with E-state index in [1.54, 1.807) is 0 Å². The van der Waals surface area contributed by atoms with E-state index in [0.29, 0.717) is 25.7 Å². The predicted octanol–water partition coefficient (Wildman–Crippen LogP) is 2.33. The first-order valence-electron chi connectivity index (χ1n) is 8.96. The largest absolute Gasteiger partial charge is 0.486 e. The van der Waals surface area contributed by atoms with Crippen LogP contribution in [0.4, 0.5) is 0 Å². The van der Waals surface area contributed by atoms with Gasteiger partial charge in [0.15, 0.2) is 11.5 Å². The van der Waals surface area contributed by atoms with Crippen molar-refractivity contribution in [2.75, 3.05) is 40.4 Å². The molecular weight excluding hydrogens is 304 g/mol. The molecule has 2 heterocycles. The molecule has 1 aromatic rings. The maximum Gasteiger partial charge on any atom is 0.226 e. The zero-order chi connectivity index (χ0) is 16.9. The SMILES string of the molecule is CN(CCC1CCCCN1C)C(=O)Cc1ccc2c(c1)OCCO2. The standard InChI is InChI=1S/C19H28N2O3/c1-20-9-4-3-5-16(20)8-10-21(2)19(22)14-15-6-7-17-18(13-15)24-12-11-23-17/h6-7,13,16H,3-5,8-12,14H2,1-2H3. The summed E-state index contributed by atoms with van der Waals surface area (Å²) in [6, 6.07) is 6.39. The molecule has 5 nitrogen and oxygen atoms in total. The van der Waals surface area contributed by atoms with Gasteiger partial charge in [0.2, 0.25) is 5.91 Å². The first-order valence-corrected chi connectivity index (χ1v) is 8.96. The van der Waals surface area contributed by atoms with Crippen molar-refractivity contribution in [3.63, 3.8) is 0 Å². The molecule has 0 spiro atoms. The van der Waals surface area contributed by atoms with Crippen LogP contribution in [0.3, 0.4) is 0 Å². The molecule has 132 valence electrons. The molecule has 3 rings (SSSR count). The number of likely N-dealkylation sites (N-methyl/N-ethyl adjacent to an activating group) is 1. The number of ether oxygens (including phenoxy) is 2. The van der Waals surface area contributed by atoms with Gasteiger partial charge in [0.05, 0.1) is 6.42 Å². The van der Waals surface area contributed by atoms with E-state index in [-0.39, 0.29) is 5.91 Å². The molecule has 0 aromatic heterocycles. The van der Waals surface area contributed by atoms with Crippen LogP contribution in [-0.2, 0) is 11.2 Å². The average Bonchev–Trinajstić information content (AvgIpc) is 2.60. The third-order valence-electron chi connectivity index (χ3n) is 5.11. The molecule has 2 aliphatic heterocycles. The minimum absolute atomic E-state index is 0.158. The first-order chi connectivity index (χ1) is 11.6. The van der Waals surface area contributed by atoms with E-state index >= 15 is 0 Å². The maximum absolute atomic E-state index is 12.5. The molecule has 1 atom stereocenters. The molecule has 0 N–H and O–H groups in total. The number of piperidine rings is 1. The second kappa shape index (κ2) is 7.88. The van der Waals surface area contributed by atoms with E-state index in [1.165, 1.54) is 25.8 Å². The molecule has 1 fully saturated rings. The van der Waals surface area contributed by atoms with Crippen molar-refractivity contribution in [1.29, 1.82) is 0 Å². The number of hydrogen-bond donors (Lipinski definition) is 0. The number of rotatable bonds is 5. The number of carbonyl (C=O) groups excluding carboxylic acids is 1. The number of likely N-dealkylation sites (tertiary alicyclic amines) is 1.